The van der Waals surface area contributed by atoms with Gasteiger partial charge < -0.3 is 4.90 Å². The van der Waals surface area contributed by atoms with Gasteiger partial charge in [-0.05, 0) is 56.9 Å². The predicted molar refractivity (Wildman–Crippen MR) is 119 cm³/mol. The van der Waals surface area contributed by atoms with E-state index in [0.29, 0.717) is 23.5 Å². The number of carbonyl (C=O) groups is 1. The van der Waals surface area contributed by atoms with Gasteiger partial charge in [0, 0.05) is 36.1 Å². The standard InChI is InChI=1S/C25H22F3N5O/c1-13-12-29-21-8-4-7-20(32(13)21)25(34)33-15-5-3-6-19(33)23-16(11-15)24(31(2)30-23)14-9-17(26)22(28)18(27)10-14/h4,7-10,12,15,19H,3,5-6,11H2,1-2H3. The van der Waals surface area contributed by atoms with Crippen molar-refractivity contribution in [2.24, 2.45) is 7.05 Å². The molecule has 2 aliphatic rings. The van der Waals surface area contributed by atoms with Crippen LogP contribution in [0.5, 0.6) is 0 Å². The van der Waals surface area contributed by atoms with E-state index in [9.17, 15) is 18.0 Å². The molecule has 0 aliphatic carbocycles. The van der Waals surface area contributed by atoms with Crippen LogP contribution in [0.15, 0.2) is 36.5 Å². The van der Waals surface area contributed by atoms with Crippen LogP contribution in [0.2, 0.25) is 0 Å². The number of amides is 1. The van der Waals surface area contributed by atoms with Crippen LogP contribution >= 0.6 is 0 Å². The predicted octanol–water partition coefficient (Wildman–Crippen LogP) is 4.75. The first kappa shape index (κ1) is 20.9. The zero-order valence-corrected chi connectivity index (χ0v) is 18.7. The smallest absolute Gasteiger partial charge is 0.271 e. The van der Waals surface area contributed by atoms with E-state index in [0.717, 1.165) is 48.3 Å². The van der Waals surface area contributed by atoms with Gasteiger partial charge in [-0.1, -0.05) is 6.07 Å². The SMILES string of the molecule is Cc1cnc2cccc(C(=O)N3C4CCCC3c3nn(C)c(-c5cc(F)c(F)c(F)c5)c3C4)n12. The first-order valence-corrected chi connectivity index (χ1v) is 11.3. The van der Waals surface area contributed by atoms with Gasteiger partial charge in [-0.15, -0.1) is 0 Å². The van der Waals surface area contributed by atoms with Crippen molar-refractivity contribution in [1.29, 1.82) is 0 Å². The van der Waals surface area contributed by atoms with Crippen LogP contribution < -0.4 is 0 Å². The molecule has 1 amide bonds. The molecule has 0 N–H and O–H groups in total. The summed E-state index contributed by atoms with van der Waals surface area (Å²) in [6.45, 7) is 1.91. The molecule has 5 heterocycles. The summed E-state index contributed by atoms with van der Waals surface area (Å²) in [6.07, 6.45) is 4.78. The second kappa shape index (κ2) is 7.44. The summed E-state index contributed by atoms with van der Waals surface area (Å²) in [5.74, 6) is -4.04. The van der Waals surface area contributed by atoms with Crippen molar-refractivity contribution in [1.82, 2.24) is 24.1 Å². The summed E-state index contributed by atoms with van der Waals surface area (Å²) in [7, 11) is 1.71. The lowest BCUT2D eigenvalue weighted by atomic mass is 9.81. The number of nitrogens with zero attached hydrogens (tertiary/aromatic N) is 5. The number of carbonyl (C=O) groups excluding carboxylic acids is 1. The van der Waals surface area contributed by atoms with Crippen LogP contribution in [0, 0.1) is 24.4 Å². The molecule has 2 unspecified atom stereocenters. The van der Waals surface area contributed by atoms with Gasteiger partial charge in [-0.25, -0.2) is 18.2 Å². The van der Waals surface area contributed by atoms with E-state index in [4.69, 9.17) is 5.10 Å². The Morgan fingerprint density at radius 2 is 1.88 bits per heavy atom. The number of piperidine rings is 1. The first-order valence-electron chi connectivity index (χ1n) is 11.3. The van der Waals surface area contributed by atoms with Crippen molar-refractivity contribution in [3.8, 4) is 11.3 Å². The Morgan fingerprint density at radius 1 is 1.12 bits per heavy atom. The monoisotopic (exact) mass is 465 g/mol. The number of imidazole rings is 1. The van der Waals surface area contributed by atoms with E-state index >= 15 is 0 Å². The van der Waals surface area contributed by atoms with E-state index < -0.39 is 17.5 Å². The third-order valence-electron chi connectivity index (χ3n) is 7.09. The molecule has 174 valence electrons. The maximum absolute atomic E-state index is 14.0. The molecule has 1 aromatic carbocycles. The van der Waals surface area contributed by atoms with Gasteiger partial charge in [0.25, 0.3) is 5.91 Å². The van der Waals surface area contributed by atoms with E-state index in [2.05, 4.69) is 4.98 Å². The van der Waals surface area contributed by atoms with E-state index in [1.165, 1.54) is 0 Å². The number of halogens is 3. The van der Waals surface area contributed by atoms with E-state index in [1.54, 1.807) is 17.9 Å². The summed E-state index contributed by atoms with van der Waals surface area (Å²) in [4.78, 5) is 20.2. The number of pyridine rings is 1. The minimum absolute atomic E-state index is 0.0732. The second-order valence-electron chi connectivity index (χ2n) is 9.11. The highest BCUT2D eigenvalue weighted by atomic mass is 19.2. The van der Waals surface area contributed by atoms with Crippen molar-refractivity contribution in [3.05, 3.63) is 76.6 Å². The molecule has 0 saturated carbocycles. The van der Waals surface area contributed by atoms with Crippen molar-refractivity contribution < 1.29 is 18.0 Å². The van der Waals surface area contributed by atoms with Crippen molar-refractivity contribution in [3.63, 3.8) is 0 Å². The first-order chi connectivity index (χ1) is 16.3. The maximum atomic E-state index is 14.0. The van der Waals surface area contributed by atoms with Crippen molar-refractivity contribution >= 4 is 11.6 Å². The molecule has 2 bridgehead atoms. The number of aromatic nitrogens is 4. The Kier molecular flexibility index (Phi) is 4.59. The largest absolute Gasteiger partial charge is 0.325 e. The van der Waals surface area contributed by atoms with Gasteiger partial charge in [0.15, 0.2) is 17.5 Å². The van der Waals surface area contributed by atoms with E-state index in [-0.39, 0.29) is 23.6 Å². The summed E-state index contributed by atoms with van der Waals surface area (Å²) in [5.41, 5.74) is 4.54. The molecule has 0 spiro atoms. The molecule has 4 aromatic rings. The van der Waals surface area contributed by atoms with Gasteiger partial charge in [-0.2, -0.15) is 5.10 Å². The Hall–Kier alpha value is -3.62. The quantitative estimate of drug-likeness (QED) is 0.402. The average molecular weight is 465 g/mol. The second-order valence-corrected chi connectivity index (χ2v) is 9.11. The van der Waals surface area contributed by atoms with Crippen LogP contribution in [0.25, 0.3) is 16.9 Å². The minimum Gasteiger partial charge on any atom is -0.325 e. The lowest BCUT2D eigenvalue weighted by Crippen LogP contribution is -2.50. The molecule has 34 heavy (non-hydrogen) atoms. The molecule has 9 heteroatoms. The zero-order chi connectivity index (χ0) is 23.7. The Balaban J connectivity index is 1.46. The molecule has 6 nitrogen and oxygen atoms in total. The number of rotatable bonds is 2. The highest BCUT2D eigenvalue weighted by molar-refractivity contribution is 5.94. The molecule has 6 rings (SSSR count). The van der Waals surface area contributed by atoms with Gasteiger partial charge in [0.2, 0.25) is 0 Å². The molecular weight excluding hydrogens is 443 g/mol. The fourth-order valence-electron chi connectivity index (χ4n) is 5.69. The number of hydrogen-bond acceptors (Lipinski definition) is 3. The number of fused-ring (bicyclic) bond motifs is 5. The fraction of sp³-hybridized carbons (Fsp3) is 0.320. The third kappa shape index (κ3) is 2.92. The van der Waals surface area contributed by atoms with Crippen LogP contribution in [0.1, 0.15) is 52.7 Å². The summed E-state index contributed by atoms with van der Waals surface area (Å²) in [5, 5.41) is 4.69. The normalized spacial score (nSPS) is 19.5. The number of aryl methyl sites for hydroxylation is 2. The zero-order valence-electron chi connectivity index (χ0n) is 18.7. The summed E-state index contributed by atoms with van der Waals surface area (Å²) in [6, 6.07) is 7.20. The Bertz CT molecular complexity index is 1450. The minimum atomic E-state index is -1.49. The number of benzene rings is 1. The molecule has 2 atom stereocenters. The lowest BCUT2D eigenvalue weighted by molar-refractivity contribution is 0.0384. The molecular formula is C25H22F3N5O. The van der Waals surface area contributed by atoms with Gasteiger partial charge >= 0.3 is 0 Å². The van der Waals surface area contributed by atoms with Crippen LogP contribution in [0.4, 0.5) is 13.2 Å². The molecule has 1 fully saturated rings. The van der Waals surface area contributed by atoms with Gasteiger partial charge in [-0.3, -0.25) is 13.9 Å². The van der Waals surface area contributed by atoms with Crippen LogP contribution in [0.3, 0.4) is 0 Å². The Labute approximate surface area is 193 Å². The molecule has 1 saturated heterocycles. The van der Waals surface area contributed by atoms with E-state index in [1.807, 2.05) is 34.4 Å². The van der Waals surface area contributed by atoms with Gasteiger partial charge in [0.05, 0.1) is 17.4 Å². The van der Waals surface area contributed by atoms with Gasteiger partial charge in [0.1, 0.15) is 11.3 Å². The molecule has 0 radical (unpaired) electrons. The average Bonchev–Trinajstić information content (AvgIpc) is 3.35. The Morgan fingerprint density at radius 3 is 2.65 bits per heavy atom. The fourth-order valence-corrected chi connectivity index (χ4v) is 5.69. The van der Waals surface area contributed by atoms with Crippen LogP contribution in [-0.4, -0.2) is 36.0 Å². The highest BCUT2D eigenvalue weighted by Crippen LogP contribution is 2.45. The topological polar surface area (TPSA) is 55.4 Å². The lowest BCUT2D eigenvalue weighted by Gasteiger charge is -2.45. The van der Waals surface area contributed by atoms with Crippen LogP contribution in [-0.2, 0) is 13.5 Å². The highest BCUT2D eigenvalue weighted by Gasteiger charge is 2.44. The van der Waals surface area contributed by atoms with Crippen molar-refractivity contribution in [2.45, 2.75) is 44.7 Å². The summed E-state index contributed by atoms with van der Waals surface area (Å²) >= 11 is 0. The number of hydrogen-bond donors (Lipinski definition) is 0. The summed E-state index contributed by atoms with van der Waals surface area (Å²) < 4.78 is 45.0. The maximum Gasteiger partial charge on any atom is 0.271 e. The van der Waals surface area contributed by atoms with Crippen molar-refractivity contribution in [2.75, 3.05) is 0 Å². The molecule has 3 aromatic heterocycles. The third-order valence-corrected chi connectivity index (χ3v) is 7.09. The molecule has 2 aliphatic heterocycles.